The van der Waals surface area contributed by atoms with Gasteiger partial charge in [-0.3, -0.25) is 10.00 Å². The highest BCUT2D eigenvalue weighted by Gasteiger charge is 2.16. The Morgan fingerprint density at radius 2 is 1.93 bits per heavy atom. The molecule has 1 aliphatic heterocycles. The van der Waals surface area contributed by atoms with E-state index in [1.54, 1.807) is 0 Å². The minimum Gasteiger partial charge on any atom is -0.492 e. The first-order chi connectivity index (χ1) is 13.2. The Morgan fingerprint density at radius 1 is 1.11 bits per heavy atom. The molecule has 3 aromatic rings. The summed E-state index contributed by atoms with van der Waals surface area (Å²) in [6.45, 7) is 4.58. The minimum atomic E-state index is 0.276. The number of nitrogens with one attached hydrogen (secondary N) is 1. The fourth-order valence-electron chi connectivity index (χ4n) is 3.06. The quantitative estimate of drug-likeness (QED) is 0.693. The molecule has 1 aromatic heterocycles. The van der Waals surface area contributed by atoms with Crippen LogP contribution in [-0.2, 0) is 6.54 Å². The Morgan fingerprint density at radius 3 is 2.78 bits per heavy atom. The lowest BCUT2D eigenvalue weighted by Gasteiger charge is -2.17. The third-order valence-corrected chi connectivity index (χ3v) is 4.58. The van der Waals surface area contributed by atoms with Crippen molar-refractivity contribution >= 4 is 0 Å². The van der Waals surface area contributed by atoms with Gasteiger partial charge in [0.2, 0.25) is 6.79 Å². The van der Waals surface area contributed by atoms with Crippen molar-refractivity contribution in [3.05, 3.63) is 59.8 Å². The van der Waals surface area contributed by atoms with Crippen LogP contribution >= 0.6 is 0 Å². The highest BCUT2D eigenvalue weighted by atomic mass is 16.7. The SMILES string of the molecule is Cc1ccc(OCCN(C)Cc2cn[nH]c2-c2ccc3c(c2)OCO3)cc1. The number of hydrogen-bond donors (Lipinski definition) is 1. The number of aryl methyl sites for hydroxylation is 1. The molecule has 0 amide bonds. The van der Waals surface area contributed by atoms with Crippen LogP contribution in [-0.4, -0.2) is 42.1 Å². The average molecular weight is 365 g/mol. The summed E-state index contributed by atoms with van der Waals surface area (Å²) >= 11 is 0. The van der Waals surface area contributed by atoms with Gasteiger partial charge in [-0.1, -0.05) is 17.7 Å². The Labute approximate surface area is 158 Å². The van der Waals surface area contributed by atoms with Crippen molar-refractivity contribution in [3.63, 3.8) is 0 Å². The maximum atomic E-state index is 5.82. The van der Waals surface area contributed by atoms with Gasteiger partial charge in [-0.2, -0.15) is 5.10 Å². The van der Waals surface area contributed by atoms with Gasteiger partial charge in [0.25, 0.3) is 0 Å². The molecule has 6 heteroatoms. The summed E-state index contributed by atoms with van der Waals surface area (Å²) < 4.78 is 16.7. The number of hydrogen-bond acceptors (Lipinski definition) is 5. The fraction of sp³-hybridized carbons (Fsp3) is 0.286. The summed E-state index contributed by atoms with van der Waals surface area (Å²) in [5, 5.41) is 7.33. The van der Waals surface area contributed by atoms with E-state index in [4.69, 9.17) is 14.2 Å². The zero-order chi connectivity index (χ0) is 18.6. The number of rotatable bonds is 7. The molecule has 27 heavy (non-hydrogen) atoms. The summed E-state index contributed by atoms with van der Waals surface area (Å²) in [6.07, 6.45) is 1.87. The smallest absolute Gasteiger partial charge is 0.231 e. The molecule has 0 fully saturated rings. The van der Waals surface area contributed by atoms with Gasteiger partial charge in [0.15, 0.2) is 11.5 Å². The van der Waals surface area contributed by atoms with E-state index in [1.807, 2.05) is 36.5 Å². The molecule has 0 bridgehead atoms. The largest absolute Gasteiger partial charge is 0.492 e. The predicted molar refractivity (Wildman–Crippen MR) is 103 cm³/mol. The zero-order valence-electron chi connectivity index (χ0n) is 15.6. The van der Waals surface area contributed by atoms with E-state index in [9.17, 15) is 0 Å². The maximum Gasteiger partial charge on any atom is 0.231 e. The number of benzene rings is 2. The second-order valence-electron chi connectivity index (χ2n) is 6.74. The van der Waals surface area contributed by atoms with Crippen molar-refractivity contribution in [3.8, 4) is 28.5 Å². The van der Waals surface area contributed by atoms with Crippen molar-refractivity contribution in [1.82, 2.24) is 15.1 Å². The lowest BCUT2D eigenvalue weighted by atomic mass is 10.1. The molecule has 2 aromatic carbocycles. The first kappa shape index (κ1) is 17.4. The summed E-state index contributed by atoms with van der Waals surface area (Å²) in [7, 11) is 2.08. The van der Waals surface area contributed by atoms with Crippen LogP contribution in [0.15, 0.2) is 48.7 Å². The molecule has 4 rings (SSSR count). The van der Waals surface area contributed by atoms with Gasteiger partial charge in [-0.05, 0) is 44.3 Å². The highest BCUT2D eigenvalue weighted by molar-refractivity contribution is 5.66. The van der Waals surface area contributed by atoms with E-state index in [1.165, 1.54) is 5.56 Å². The molecular formula is C21H23N3O3. The number of nitrogens with zero attached hydrogens (tertiary/aromatic N) is 2. The minimum absolute atomic E-state index is 0.276. The van der Waals surface area contributed by atoms with Gasteiger partial charge in [0.05, 0.1) is 11.9 Å². The van der Waals surface area contributed by atoms with Gasteiger partial charge in [-0.15, -0.1) is 0 Å². The van der Waals surface area contributed by atoms with Crippen LogP contribution in [0.1, 0.15) is 11.1 Å². The highest BCUT2D eigenvalue weighted by Crippen LogP contribution is 2.36. The van der Waals surface area contributed by atoms with Gasteiger partial charge in [0.1, 0.15) is 12.4 Å². The topological polar surface area (TPSA) is 59.6 Å². The molecular weight excluding hydrogens is 342 g/mol. The van der Waals surface area contributed by atoms with E-state index in [-0.39, 0.29) is 6.79 Å². The monoisotopic (exact) mass is 365 g/mol. The van der Waals surface area contributed by atoms with Crippen molar-refractivity contribution < 1.29 is 14.2 Å². The van der Waals surface area contributed by atoms with Gasteiger partial charge in [0, 0.05) is 24.2 Å². The molecule has 0 unspecified atom stereocenters. The Kier molecular flexibility index (Phi) is 4.98. The van der Waals surface area contributed by atoms with E-state index < -0.39 is 0 Å². The lowest BCUT2D eigenvalue weighted by molar-refractivity contribution is 0.174. The number of likely N-dealkylation sites (N-methyl/N-ethyl adjacent to an activating group) is 1. The Hall–Kier alpha value is -2.99. The Balaban J connectivity index is 1.36. The van der Waals surface area contributed by atoms with Gasteiger partial charge >= 0.3 is 0 Å². The molecule has 0 atom stereocenters. The molecule has 1 N–H and O–H groups in total. The first-order valence-electron chi connectivity index (χ1n) is 8.99. The third-order valence-electron chi connectivity index (χ3n) is 4.58. The summed E-state index contributed by atoms with van der Waals surface area (Å²) in [6, 6.07) is 14.1. The van der Waals surface area contributed by atoms with Gasteiger partial charge < -0.3 is 14.2 Å². The third kappa shape index (κ3) is 4.06. The zero-order valence-corrected chi connectivity index (χ0v) is 15.6. The predicted octanol–water partition coefficient (Wildman–Crippen LogP) is 3.62. The first-order valence-corrected chi connectivity index (χ1v) is 8.99. The number of H-pyrrole nitrogens is 1. The van der Waals surface area contributed by atoms with E-state index in [0.29, 0.717) is 6.61 Å². The molecule has 140 valence electrons. The molecule has 0 aliphatic carbocycles. The summed E-state index contributed by atoms with van der Waals surface area (Å²) in [5.74, 6) is 2.46. The normalized spacial score (nSPS) is 12.6. The second-order valence-corrected chi connectivity index (χ2v) is 6.74. The molecule has 0 saturated carbocycles. The summed E-state index contributed by atoms with van der Waals surface area (Å²) in [4.78, 5) is 2.22. The number of aromatic amines is 1. The van der Waals surface area contributed by atoms with Crippen LogP contribution in [0.4, 0.5) is 0 Å². The van der Waals surface area contributed by atoms with Crippen LogP contribution in [0.5, 0.6) is 17.2 Å². The van der Waals surface area contributed by atoms with Crippen molar-refractivity contribution in [2.24, 2.45) is 0 Å². The van der Waals surface area contributed by atoms with Crippen LogP contribution in [0.2, 0.25) is 0 Å². The van der Waals surface area contributed by atoms with Crippen LogP contribution < -0.4 is 14.2 Å². The van der Waals surface area contributed by atoms with E-state index in [0.717, 1.165) is 47.2 Å². The van der Waals surface area contributed by atoms with Gasteiger partial charge in [-0.25, -0.2) is 0 Å². The number of ether oxygens (including phenoxy) is 3. The number of fused-ring (bicyclic) bond motifs is 1. The van der Waals surface area contributed by atoms with Crippen LogP contribution in [0, 0.1) is 6.92 Å². The van der Waals surface area contributed by atoms with Crippen molar-refractivity contribution in [2.75, 3.05) is 27.0 Å². The van der Waals surface area contributed by atoms with Crippen molar-refractivity contribution in [2.45, 2.75) is 13.5 Å². The molecule has 0 spiro atoms. The number of aromatic nitrogens is 2. The summed E-state index contributed by atoms with van der Waals surface area (Å²) in [5.41, 5.74) is 4.40. The average Bonchev–Trinajstić information content (AvgIpc) is 3.31. The Bertz CT molecular complexity index is 905. The lowest BCUT2D eigenvalue weighted by Crippen LogP contribution is -2.24. The van der Waals surface area contributed by atoms with Crippen LogP contribution in [0.3, 0.4) is 0 Å². The van der Waals surface area contributed by atoms with Crippen LogP contribution in [0.25, 0.3) is 11.3 Å². The second kappa shape index (κ2) is 7.72. The molecule has 6 nitrogen and oxygen atoms in total. The van der Waals surface area contributed by atoms with E-state index in [2.05, 4.69) is 41.2 Å². The fourth-order valence-corrected chi connectivity index (χ4v) is 3.06. The molecule has 0 radical (unpaired) electrons. The van der Waals surface area contributed by atoms with Crippen molar-refractivity contribution in [1.29, 1.82) is 0 Å². The maximum absolute atomic E-state index is 5.82. The molecule has 1 aliphatic rings. The molecule has 0 saturated heterocycles. The standard InChI is InChI=1S/C21H23N3O3/c1-15-3-6-18(7-4-15)25-10-9-24(2)13-17-12-22-23-21(17)16-5-8-19-20(11-16)27-14-26-19/h3-8,11-12H,9-10,13-14H2,1-2H3,(H,22,23). The molecule has 2 heterocycles. The van der Waals surface area contributed by atoms with E-state index >= 15 is 0 Å².